The van der Waals surface area contributed by atoms with Gasteiger partial charge in [-0.25, -0.2) is 8.42 Å². The summed E-state index contributed by atoms with van der Waals surface area (Å²) in [6.45, 7) is 1.41. The SMILES string of the molecule is CC(=O)Nc1ccc(NC(=O)c2cccc(NS(=O)(=O)c3ccc(Br)cc3)c2)cc1. The number of carbonyl (C=O) groups is 2. The molecule has 0 aromatic heterocycles. The van der Waals surface area contributed by atoms with E-state index < -0.39 is 15.9 Å². The van der Waals surface area contributed by atoms with Gasteiger partial charge in [-0.1, -0.05) is 22.0 Å². The quantitative estimate of drug-likeness (QED) is 0.477. The maximum absolute atomic E-state index is 12.5. The van der Waals surface area contributed by atoms with Gasteiger partial charge < -0.3 is 10.6 Å². The lowest BCUT2D eigenvalue weighted by Gasteiger charge is -2.10. The summed E-state index contributed by atoms with van der Waals surface area (Å²) in [6, 6.07) is 19.1. The van der Waals surface area contributed by atoms with Crippen LogP contribution in [0.2, 0.25) is 0 Å². The average molecular weight is 488 g/mol. The minimum Gasteiger partial charge on any atom is -0.326 e. The molecule has 3 rings (SSSR count). The molecule has 3 aromatic rings. The molecule has 0 saturated carbocycles. The molecule has 154 valence electrons. The van der Waals surface area contributed by atoms with Gasteiger partial charge in [0.25, 0.3) is 15.9 Å². The van der Waals surface area contributed by atoms with Gasteiger partial charge in [0.15, 0.2) is 0 Å². The Bertz CT molecular complexity index is 1180. The molecule has 0 aliphatic carbocycles. The molecule has 3 aromatic carbocycles. The van der Waals surface area contributed by atoms with E-state index >= 15 is 0 Å². The third kappa shape index (κ3) is 5.68. The van der Waals surface area contributed by atoms with Gasteiger partial charge in [-0.15, -0.1) is 0 Å². The first kappa shape index (κ1) is 21.5. The number of nitrogens with one attached hydrogen (secondary N) is 3. The van der Waals surface area contributed by atoms with Crippen molar-refractivity contribution in [3.8, 4) is 0 Å². The molecule has 2 amide bonds. The highest BCUT2D eigenvalue weighted by Crippen LogP contribution is 2.20. The van der Waals surface area contributed by atoms with E-state index in [4.69, 9.17) is 0 Å². The van der Waals surface area contributed by atoms with Crippen molar-refractivity contribution in [2.24, 2.45) is 0 Å². The lowest BCUT2D eigenvalue weighted by Crippen LogP contribution is -2.15. The van der Waals surface area contributed by atoms with Crippen molar-refractivity contribution in [2.75, 3.05) is 15.4 Å². The largest absolute Gasteiger partial charge is 0.326 e. The minimum absolute atomic E-state index is 0.111. The van der Waals surface area contributed by atoms with Crippen LogP contribution in [0.25, 0.3) is 0 Å². The first-order valence-corrected chi connectivity index (χ1v) is 11.1. The zero-order valence-corrected chi connectivity index (χ0v) is 18.2. The summed E-state index contributed by atoms with van der Waals surface area (Å²) in [4.78, 5) is 23.7. The molecule has 7 nitrogen and oxygen atoms in total. The summed E-state index contributed by atoms with van der Waals surface area (Å²) in [5.74, 6) is -0.582. The summed E-state index contributed by atoms with van der Waals surface area (Å²) in [5.41, 5.74) is 1.71. The topological polar surface area (TPSA) is 104 Å². The van der Waals surface area contributed by atoms with Gasteiger partial charge in [0.05, 0.1) is 4.90 Å². The van der Waals surface area contributed by atoms with E-state index in [-0.39, 0.29) is 22.1 Å². The number of amides is 2. The fourth-order valence-corrected chi connectivity index (χ4v) is 3.91. The van der Waals surface area contributed by atoms with Crippen LogP contribution in [-0.2, 0) is 14.8 Å². The van der Waals surface area contributed by atoms with Crippen molar-refractivity contribution < 1.29 is 18.0 Å². The predicted molar refractivity (Wildman–Crippen MR) is 120 cm³/mol. The van der Waals surface area contributed by atoms with Crippen LogP contribution >= 0.6 is 15.9 Å². The number of hydrogen-bond acceptors (Lipinski definition) is 4. The van der Waals surface area contributed by atoms with Crippen LogP contribution < -0.4 is 15.4 Å². The van der Waals surface area contributed by atoms with Crippen LogP contribution in [0.3, 0.4) is 0 Å². The van der Waals surface area contributed by atoms with Crippen molar-refractivity contribution in [3.63, 3.8) is 0 Å². The summed E-state index contributed by atoms with van der Waals surface area (Å²) in [6.07, 6.45) is 0. The third-order valence-corrected chi connectivity index (χ3v) is 5.89. The minimum atomic E-state index is -3.78. The predicted octanol–water partition coefficient (Wildman–Crippen LogP) is 4.46. The average Bonchev–Trinajstić information content (AvgIpc) is 2.69. The van der Waals surface area contributed by atoms with Crippen LogP contribution in [0.5, 0.6) is 0 Å². The highest BCUT2D eigenvalue weighted by Gasteiger charge is 2.15. The van der Waals surface area contributed by atoms with Crippen LogP contribution in [0, 0.1) is 0 Å². The van der Waals surface area contributed by atoms with Crippen LogP contribution in [0.4, 0.5) is 17.1 Å². The van der Waals surface area contributed by atoms with E-state index in [0.717, 1.165) is 4.47 Å². The maximum atomic E-state index is 12.5. The van der Waals surface area contributed by atoms with Crippen molar-refractivity contribution >= 4 is 54.8 Å². The van der Waals surface area contributed by atoms with E-state index in [9.17, 15) is 18.0 Å². The standard InChI is InChI=1S/C21H18BrN3O4S/c1-14(26)23-17-7-9-18(10-8-17)24-21(27)15-3-2-4-19(13-15)25-30(28,29)20-11-5-16(22)6-12-20/h2-13,25H,1H3,(H,23,26)(H,24,27). The lowest BCUT2D eigenvalue weighted by molar-refractivity contribution is -0.114. The van der Waals surface area contributed by atoms with Crippen molar-refractivity contribution in [3.05, 3.63) is 82.8 Å². The Morgan fingerprint density at radius 3 is 2.00 bits per heavy atom. The Kier molecular flexibility index (Phi) is 6.53. The maximum Gasteiger partial charge on any atom is 0.261 e. The van der Waals surface area contributed by atoms with Gasteiger partial charge in [-0.05, 0) is 66.7 Å². The molecule has 3 N–H and O–H groups in total. The van der Waals surface area contributed by atoms with Crippen molar-refractivity contribution in [2.45, 2.75) is 11.8 Å². The molecule has 0 unspecified atom stereocenters. The molecule has 0 aliphatic heterocycles. The molecule has 0 heterocycles. The van der Waals surface area contributed by atoms with Gasteiger partial charge in [0, 0.05) is 34.0 Å². The number of sulfonamides is 1. The highest BCUT2D eigenvalue weighted by molar-refractivity contribution is 9.10. The Hall–Kier alpha value is -3.17. The number of hydrogen-bond donors (Lipinski definition) is 3. The second kappa shape index (κ2) is 9.10. The molecule has 0 spiro atoms. The van der Waals surface area contributed by atoms with Crippen LogP contribution in [0.1, 0.15) is 17.3 Å². The van der Waals surface area contributed by atoms with E-state index in [1.54, 1.807) is 54.6 Å². The summed E-state index contributed by atoms with van der Waals surface area (Å²) < 4.78 is 28.3. The highest BCUT2D eigenvalue weighted by atomic mass is 79.9. The summed E-state index contributed by atoms with van der Waals surface area (Å²) in [5, 5.41) is 5.38. The van der Waals surface area contributed by atoms with Gasteiger partial charge in [-0.3, -0.25) is 14.3 Å². The molecule has 0 atom stereocenters. The Morgan fingerprint density at radius 1 is 0.800 bits per heavy atom. The lowest BCUT2D eigenvalue weighted by atomic mass is 10.2. The fourth-order valence-electron chi connectivity index (χ4n) is 2.60. The Balaban J connectivity index is 1.72. The Labute approximate surface area is 182 Å². The first-order chi connectivity index (χ1) is 14.2. The molecule has 0 saturated heterocycles. The van der Waals surface area contributed by atoms with Gasteiger partial charge in [-0.2, -0.15) is 0 Å². The van der Waals surface area contributed by atoms with Crippen LogP contribution in [0.15, 0.2) is 82.2 Å². The van der Waals surface area contributed by atoms with E-state index in [1.807, 2.05) is 0 Å². The normalized spacial score (nSPS) is 10.9. The fraction of sp³-hybridized carbons (Fsp3) is 0.0476. The molecule has 30 heavy (non-hydrogen) atoms. The number of carbonyl (C=O) groups excluding carboxylic acids is 2. The molecule has 0 fully saturated rings. The zero-order valence-electron chi connectivity index (χ0n) is 15.8. The number of benzene rings is 3. The Morgan fingerprint density at radius 2 is 1.40 bits per heavy atom. The van der Waals surface area contributed by atoms with Gasteiger partial charge >= 0.3 is 0 Å². The summed E-state index contributed by atoms with van der Waals surface area (Å²) >= 11 is 3.27. The first-order valence-electron chi connectivity index (χ1n) is 8.80. The molecule has 0 bridgehead atoms. The molecule has 9 heteroatoms. The zero-order chi connectivity index (χ0) is 21.7. The smallest absolute Gasteiger partial charge is 0.261 e. The van der Waals surface area contributed by atoms with E-state index in [0.29, 0.717) is 11.4 Å². The number of anilines is 3. The second-order valence-corrected chi connectivity index (χ2v) is 8.95. The molecular formula is C21H18BrN3O4S. The van der Waals surface area contributed by atoms with Crippen LogP contribution in [-0.4, -0.2) is 20.2 Å². The molecular weight excluding hydrogens is 470 g/mol. The third-order valence-electron chi connectivity index (χ3n) is 3.96. The van der Waals surface area contributed by atoms with E-state index in [1.165, 1.54) is 25.1 Å². The number of halogens is 1. The molecule has 0 radical (unpaired) electrons. The molecule has 0 aliphatic rings. The van der Waals surface area contributed by atoms with Gasteiger partial charge in [0.1, 0.15) is 0 Å². The number of rotatable bonds is 6. The van der Waals surface area contributed by atoms with Crippen molar-refractivity contribution in [1.82, 2.24) is 0 Å². The van der Waals surface area contributed by atoms with E-state index in [2.05, 4.69) is 31.3 Å². The second-order valence-electron chi connectivity index (χ2n) is 6.35. The monoisotopic (exact) mass is 487 g/mol. The van der Waals surface area contributed by atoms with Crippen molar-refractivity contribution in [1.29, 1.82) is 0 Å². The summed E-state index contributed by atoms with van der Waals surface area (Å²) in [7, 11) is -3.78. The van der Waals surface area contributed by atoms with Gasteiger partial charge in [0.2, 0.25) is 5.91 Å².